The number of halogens is 1. The van der Waals surface area contributed by atoms with Crippen LogP contribution in [0, 0.1) is 17.7 Å². The lowest BCUT2D eigenvalue weighted by molar-refractivity contribution is -0.142. The first kappa shape index (κ1) is 19.8. The van der Waals surface area contributed by atoms with Gasteiger partial charge in [0.15, 0.2) is 0 Å². The van der Waals surface area contributed by atoms with Gasteiger partial charge in [-0.2, -0.15) is 0 Å². The van der Waals surface area contributed by atoms with Crippen LogP contribution in [0.1, 0.15) is 31.4 Å². The highest BCUT2D eigenvalue weighted by atomic mass is 19.1. The molecule has 2 heterocycles. The number of ether oxygens (including phenoxy) is 1. The maximum absolute atomic E-state index is 13.4. The molecule has 1 aromatic carbocycles. The summed E-state index contributed by atoms with van der Waals surface area (Å²) < 4.78 is 18.3. The lowest BCUT2D eigenvalue weighted by Crippen LogP contribution is -2.36. The van der Waals surface area contributed by atoms with Crippen LogP contribution < -0.4 is 0 Å². The van der Waals surface area contributed by atoms with Gasteiger partial charge in [0, 0.05) is 24.3 Å². The van der Waals surface area contributed by atoms with Crippen molar-refractivity contribution in [1.29, 1.82) is 0 Å². The number of carbonyl (C=O) groups is 1. The molecule has 1 aromatic heterocycles. The number of fused-ring (bicyclic) bond motifs is 1. The number of nitrogens with zero attached hydrogens (tertiary/aromatic N) is 2. The Labute approximate surface area is 171 Å². The van der Waals surface area contributed by atoms with Gasteiger partial charge in [-0.3, -0.25) is 14.7 Å². The minimum absolute atomic E-state index is 0.181. The Hall–Kier alpha value is -2.53. The van der Waals surface area contributed by atoms with Crippen LogP contribution in [0.15, 0.2) is 48.7 Å². The third kappa shape index (κ3) is 4.56. The van der Waals surface area contributed by atoms with Crippen molar-refractivity contribution in [3.8, 4) is 11.1 Å². The van der Waals surface area contributed by atoms with E-state index in [1.165, 1.54) is 44.9 Å². The Morgan fingerprint density at radius 2 is 2.10 bits per heavy atom. The van der Waals surface area contributed by atoms with Gasteiger partial charge in [-0.25, -0.2) is 4.39 Å². The third-order valence-corrected chi connectivity index (χ3v) is 6.27. The molecule has 0 N–H and O–H groups in total. The van der Waals surface area contributed by atoms with Gasteiger partial charge in [0.2, 0.25) is 0 Å². The average molecular weight is 394 g/mol. The number of pyridine rings is 1. The molecule has 152 valence electrons. The maximum Gasteiger partial charge on any atom is 0.319 e. The number of hydrogen-bond acceptors (Lipinski definition) is 4. The number of aromatic nitrogens is 1. The van der Waals surface area contributed by atoms with E-state index >= 15 is 0 Å². The standard InChI is InChI=1S/C24H27FN2O2/c1-29-24(28)16-27-15-19-5-2-3-8-22(19)23(27)12-11-21-10-9-18(14-26-21)17-6-4-7-20(25)13-17/h4,6-7,9-14,19,22-23H,2-3,5,8,15-16H2,1H3/b12-11+/t19-,22-,23-/m0/s1. The second kappa shape index (κ2) is 8.87. The molecule has 0 spiro atoms. The normalized spacial score (nSPS) is 24.6. The molecular weight excluding hydrogens is 367 g/mol. The maximum atomic E-state index is 13.4. The number of carbonyl (C=O) groups excluding carboxylic acids is 1. The number of likely N-dealkylation sites (tertiary alicyclic amines) is 1. The van der Waals surface area contributed by atoms with Crippen LogP contribution in [0.3, 0.4) is 0 Å². The highest BCUT2D eigenvalue weighted by Gasteiger charge is 2.41. The SMILES string of the molecule is COC(=O)CN1C[C@@H]2CCCC[C@@H]2[C@@H]1/C=C/c1ccc(-c2cccc(F)c2)cn1. The van der Waals surface area contributed by atoms with E-state index in [-0.39, 0.29) is 17.8 Å². The monoisotopic (exact) mass is 394 g/mol. The summed E-state index contributed by atoms with van der Waals surface area (Å²) in [4.78, 5) is 18.6. The van der Waals surface area contributed by atoms with E-state index in [4.69, 9.17) is 4.74 Å². The summed E-state index contributed by atoms with van der Waals surface area (Å²) >= 11 is 0. The van der Waals surface area contributed by atoms with Crippen molar-refractivity contribution in [2.24, 2.45) is 11.8 Å². The van der Waals surface area contributed by atoms with E-state index in [2.05, 4.69) is 16.0 Å². The average Bonchev–Trinajstić information content (AvgIpc) is 3.09. The second-order valence-electron chi connectivity index (χ2n) is 8.05. The first-order chi connectivity index (χ1) is 14.1. The molecule has 0 unspecified atom stereocenters. The number of esters is 1. The summed E-state index contributed by atoms with van der Waals surface area (Å²) in [6, 6.07) is 10.7. The smallest absolute Gasteiger partial charge is 0.319 e. The lowest BCUT2D eigenvalue weighted by atomic mass is 9.78. The molecule has 1 aliphatic heterocycles. The molecule has 4 nitrogen and oxygen atoms in total. The quantitative estimate of drug-likeness (QED) is 0.697. The Morgan fingerprint density at radius 3 is 2.86 bits per heavy atom. The minimum Gasteiger partial charge on any atom is -0.468 e. The summed E-state index contributed by atoms with van der Waals surface area (Å²) in [6.45, 7) is 1.30. The zero-order chi connectivity index (χ0) is 20.2. The van der Waals surface area contributed by atoms with Gasteiger partial charge in [-0.05, 0) is 54.5 Å². The first-order valence-electron chi connectivity index (χ1n) is 10.3. The fourth-order valence-corrected chi connectivity index (χ4v) is 4.81. The molecule has 0 amide bonds. The fourth-order valence-electron chi connectivity index (χ4n) is 4.81. The van der Waals surface area contributed by atoms with Crippen LogP contribution in [0.2, 0.25) is 0 Å². The predicted octanol–water partition coefficient (Wildman–Crippen LogP) is 4.56. The first-order valence-corrected chi connectivity index (χ1v) is 10.3. The van der Waals surface area contributed by atoms with Crippen molar-refractivity contribution in [2.75, 3.05) is 20.2 Å². The molecule has 2 fully saturated rings. The van der Waals surface area contributed by atoms with E-state index in [1.807, 2.05) is 24.3 Å². The Bertz CT molecular complexity index is 881. The molecule has 3 atom stereocenters. The molecule has 5 heteroatoms. The predicted molar refractivity (Wildman–Crippen MR) is 111 cm³/mol. The van der Waals surface area contributed by atoms with Crippen molar-refractivity contribution >= 4 is 12.0 Å². The van der Waals surface area contributed by atoms with Crippen LogP contribution in [0.4, 0.5) is 4.39 Å². The highest BCUT2D eigenvalue weighted by molar-refractivity contribution is 5.71. The number of benzene rings is 1. The van der Waals surface area contributed by atoms with Crippen molar-refractivity contribution < 1.29 is 13.9 Å². The molecule has 1 saturated heterocycles. The van der Waals surface area contributed by atoms with E-state index in [0.717, 1.165) is 23.4 Å². The summed E-state index contributed by atoms with van der Waals surface area (Å²) in [5.41, 5.74) is 2.57. The minimum atomic E-state index is -0.250. The molecule has 29 heavy (non-hydrogen) atoms. The highest BCUT2D eigenvalue weighted by Crippen LogP contribution is 2.41. The summed E-state index contributed by atoms with van der Waals surface area (Å²) in [7, 11) is 1.44. The number of hydrogen-bond donors (Lipinski definition) is 0. The molecular formula is C24H27FN2O2. The topological polar surface area (TPSA) is 42.4 Å². The van der Waals surface area contributed by atoms with Crippen LogP contribution in [-0.2, 0) is 9.53 Å². The van der Waals surface area contributed by atoms with E-state index in [9.17, 15) is 9.18 Å². The van der Waals surface area contributed by atoms with Crippen molar-refractivity contribution in [2.45, 2.75) is 31.7 Å². The summed E-state index contributed by atoms with van der Waals surface area (Å²) in [6.07, 6.45) is 11.0. The second-order valence-corrected chi connectivity index (χ2v) is 8.05. The van der Waals surface area contributed by atoms with Crippen LogP contribution in [0.25, 0.3) is 17.2 Å². The molecule has 2 aliphatic rings. The van der Waals surface area contributed by atoms with E-state index in [0.29, 0.717) is 18.4 Å². The Balaban J connectivity index is 1.50. The Kier molecular flexibility index (Phi) is 6.05. The number of rotatable bonds is 5. The van der Waals surface area contributed by atoms with Crippen LogP contribution in [-0.4, -0.2) is 42.1 Å². The van der Waals surface area contributed by atoms with E-state index < -0.39 is 0 Å². The molecule has 0 bridgehead atoms. The lowest BCUT2D eigenvalue weighted by Gasteiger charge is -2.28. The number of methoxy groups -OCH3 is 1. The molecule has 1 saturated carbocycles. The third-order valence-electron chi connectivity index (χ3n) is 6.27. The Morgan fingerprint density at radius 1 is 1.24 bits per heavy atom. The van der Waals surface area contributed by atoms with Crippen molar-refractivity contribution in [3.63, 3.8) is 0 Å². The van der Waals surface area contributed by atoms with Gasteiger partial charge in [0.25, 0.3) is 0 Å². The molecule has 0 radical (unpaired) electrons. The van der Waals surface area contributed by atoms with Crippen molar-refractivity contribution in [1.82, 2.24) is 9.88 Å². The van der Waals surface area contributed by atoms with Gasteiger partial charge in [0.05, 0.1) is 19.3 Å². The van der Waals surface area contributed by atoms with Gasteiger partial charge >= 0.3 is 5.97 Å². The largest absolute Gasteiger partial charge is 0.468 e. The van der Waals surface area contributed by atoms with Gasteiger partial charge in [-0.1, -0.05) is 37.1 Å². The van der Waals surface area contributed by atoms with Crippen LogP contribution in [0.5, 0.6) is 0 Å². The van der Waals surface area contributed by atoms with E-state index in [1.54, 1.807) is 12.3 Å². The zero-order valence-electron chi connectivity index (χ0n) is 16.8. The van der Waals surface area contributed by atoms with Gasteiger partial charge < -0.3 is 4.74 Å². The van der Waals surface area contributed by atoms with Crippen molar-refractivity contribution in [3.05, 3.63) is 60.2 Å². The summed E-state index contributed by atoms with van der Waals surface area (Å²) in [5.74, 6) is 0.822. The van der Waals surface area contributed by atoms with Gasteiger partial charge in [-0.15, -0.1) is 0 Å². The fraction of sp³-hybridized carbons (Fsp3) is 0.417. The molecule has 1 aliphatic carbocycles. The molecule has 4 rings (SSSR count). The molecule has 2 aromatic rings. The van der Waals surface area contributed by atoms with Crippen LogP contribution >= 0.6 is 0 Å². The van der Waals surface area contributed by atoms with Gasteiger partial charge in [0.1, 0.15) is 5.82 Å². The summed E-state index contributed by atoms with van der Waals surface area (Å²) in [5, 5.41) is 0. The zero-order valence-corrected chi connectivity index (χ0v) is 16.8.